The van der Waals surface area contributed by atoms with Crippen molar-refractivity contribution in [2.24, 2.45) is 0 Å². The minimum atomic E-state index is 0.606. The fourth-order valence-corrected chi connectivity index (χ4v) is 6.42. The third-order valence-corrected chi connectivity index (χ3v) is 8.70. The maximum absolute atomic E-state index is 6.07. The van der Waals surface area contributed by atoms with Crippen LogP contribution in [0.4, 0.5) is 17.1 Å². The summed E-state index contributed by atoms with van der Waals surface area (Å²) < 4.78 is 6.07. The average molecular weight is 617 g/mol. The lowest BCUT2D eigenvalue weighted by molar-refractivity contribution is 0.620. The van der Waals surface area contributed by atoms with Crippen LogP contribution in [0.1, 0.15) is 0 Å². The van der Waals surface area contributed by atoms with Crippen LogP contribution in [-0.2, 0) is 0 Å². The minimum absolute atomic E-state index is 0.606. The van der Waals surface area contributed by atoms with E-state index in [9.17, 15) is 0 Å². The third kappa shape index (κ3) is 4.86. The number of aromatic nitrogens is 3. The van der Waals surface area contributed by atoms with E-state index in [-0.39, 0.29) is 0 Å². The van der Waals surface area contributed by atoms with Gasteiger partial charge in [0.2, 0.25) is 5.89 Å². The Morgan fingerprint density at radius 3 is 1.71 bits per heavy atom. The number of hydrogen-bond acceptors (Lipinski definition) is 5. The van der Waals surface area contributed by atoms with Crippen molar-refractivity contribution in [1.29, 1.82) is 0 Å². The van der Waals surface area contributed by atoms with Gasteiger partial charge in [-0.3, -0.25) is 0 Å². The Hall–Kier alpha value is -6.59. The Balaban J connectivity index is 1.21. The molecule has 226 valence electrons. The molecule has 0 fully saturated rings. The van der Waals surface area contributed by atoms with Crippen LogP contribution < -0.4 is 4.90 Å². The zero-order valence-corrected chi connectivity index (χ0v) is 25.9. The number of para-hydroxylation sites is 5. The summed E-state index contributed by atoms with van der Waals surface area (Å²) in [6, 6.07) is 58.0. The van der Waals surface area contributed by atoms with Gasteiger partial charge in [-0.05, 0) is 78.2 Å². The molecule has 2 heterocycles. The van der Waals surface area contributed by atoms with E-state index in [0.717, 1.165) is 78.0 Å². The van der Waals surface area contributed by atoms with Crippen molar-refractivity contribution in [2.75, 3.05) is 4.90 Å². The largest absolute Gasteiger partial charge is 0.436 e. The summed E-state index contributed by atoms with van der Waals surface area (Å²) in [6.45, 7) is 0. The smallest absolute Gasteiger partial charge is 0.227 e. The Kier molecular flexibility index (Phi) is 6.72. The van der Waals surface area contributed by atoms with E-state index in [1.807, 2.05) is 72.8 Å². The molecule has 5 heteroatoms. The third-order valence-electron chi connectivity index (χ3n) is 8.70. The molecular formula is C43H28N4O. The van der Waals surface area contributed by atoms with Gasteiger partial charge >= 0.3 is 0 Å². The molecule has 48 heavy (non-hydrogen) atoms. The predicted octanol–water partition coefficient (Wildman–Crippen LogP) is 11.4. The number of hydrogen-bond donors (Lipinski definition) is 0. The highest BCUT2D eigenvalue weighted by molar-refractivity contribution is 6.07. The van der Waals surface area contributed by atoms with Crippen molar-refractivity contribution >= 4 is 50.0 Å². The summed E-state index contributed by atoms with van der Waals surface area (Å²) in [5.74, 6) is 0.606. The number of oxazole rings is 1. The van der Waals surface area contributed by atoms with Crippen LogP contribution in [0.2, 0.25) is 0 Å². The normalized spacial score (nSPS) is 11.3. The van der Waals surface area contributed by atoms with Crippen molar-refractivity contribution in [2.45, 2.75) is 0 Å². The van der Waals surface area contributed by atoms with Gasteiger partial charge in [0, 0.05) is 33.5 Å². The molecule has 9 aromatic rings. The number of anilines is 3. The fourth-order valence-electron chi connectivity index (χ4n) is 6.42. The summed E-state index contributed by atoms with van der Waals surface area (Å²) in [6.07, 6.45) is 0. The topological polar surface area (TPSA) is 55.1 Å². The van der Waals surface area contributed by atoms with E-state index >= 15 is 0 Å². The van der Waals surface area contributed by atoms with E-state index in [1.54, 1.807) is 0 Å². The van der Waals surface area contributed by atoms with E-state index in [0.29, 0.717) is 5.89 Å². The monoisotopic (exact) mass is 616 g/mol. The van der Waals surface area contributed by atoms with Crippen molar-refractivity contribution in [1.82, 2.24) is 15.0 Å². The van der Waals surface area contributed by atoms with Gasteiger partial charge in [-0.15, -0.1) is 0 Å². The standard InChI is InChI=1S/C43H28N4O/c1-3-13-29(14-4-1)41-42(45-37-20-10-9-19-36(37)44-41)35-27-28-39(34-18-8-7-17-33(34)35)47(31-15-5-2-6-16-31)32-25-23-30(24-26-32)43-46-38-21-11-12-22-40(38)48-43/h1-28H. The summed E-state index contributed by atoms with van der Waals surface area (Å²) in [7, 11) is 0. The second-order valence-electron chi connectivity index (χ2n) is 11.7. The Labute approximate surface area is 277 Å². The van der Waals surface area contributed by atoms with Crippen molar-refractivity contribution in [3.63, 3.8) is 0 Å². The van der Waals surface area contributed by atoms with Crippen molar-refractivity contribution < 1.29 is 4.42 Å². The molecule has 9 rings (SSSR count). The van der Waals surface area contributed by atoms with Crippen molar-refractivity contribution in [3.05, 3.63) is 170 Å². The van der Waals surface area contributed by atoms with Crippen LogP contribution in [0.5, 0.6) is 0 Å². The zero-order valence-electron chi connectivity index (χ0n) is 25.9. The van der Waals surface area contributed by atoms with Gasteiger partial charge in [-0.2, -0.15) is 0 Å². The molecule has 0 aliphatic rings. The summed E-state index contributed by atoms with van der Waals surface area (Å²) in [5.41, 5.74) is 11.2. The van der Waals surface area contributed by atoms with E-state index in [2.05, 4.69) is 102 Å². The molecule has 0 aliphatic heterocycles. The van der Waals surface area contributed by atoms with Gasteiger partial charge in [0.05, 0.1) is 28.1 Å². The molecule has 2 aromatic heterocycles. The lowest BCUT2D eigenvalue weighted by Gasteiger charge is -2.27. The van der Waals surface area contributed by atoms with Gasteiger partial charge in [0.25, 0.3) is 0 Å². The first-order valence-corrected chi connectivity index (χ1v) is 16.0. The second kappa shape index (κ2) is 11.6. The SMILES string of the molecule is c1ccc(-c2nc3ccccc3nc2-c2ccc(N(c3ccccc3)c3ccc(-c4nc5ccccc5o4)cc3)c3ccccc23)cc1. The fraction of sp³-hybridized carbons (Fsp3) is 0. The number of benzene rings is 7. The van der Waals surface area contributed by atoms with Crippen LogP contribution in [0.15, 0.2) is 174 Å². The highest BCUT2D eigenvalue weighted by atomic mass is 16.3. The molecule has 0 saturated heterocycles. The number of nitrogens with zero attached hydrogens (tertiary/aromatic N) is 4. The van der Waals surface area contributed by atoms with Gasteiger partial charge in [-0.25, -0.2) is 15.0 Å². The summed E-state index contributed by atoms with van der Waals surface area (Å²) >= 11 is 0. The highest BCUT2D eigenvalue weighted by Gasteiger charge is 2.20. The zero-order chi connectivity index (χ0) is 31.9. The maximum atomic E-state index is 6.07. The molecule has 0 saturated carbocycles. The molecule has 0 radical (unpaired) electrons. The van der Waals surface area contributed by atoms with Crippen LogP contribution in [0, 0.1) is 0 Å². The first kappa shape index (κ1) is 27.7. The summed E-state index contributed by atoms with van der Waals surface area (Å²) in [4.78, 5) is 17.4. The summed E-state index contributed by atoms with van der Waals surface area (Å²) in [5, 5.41) is 2.21. The molecule has 0 N–H and O–H groups in total. The van der Waals surface area contributed by atoms with E-state index in [4.69, 9.17) is 19.4 Å². The molecular weight excluding hydrogens is 589 g/mol. The molecule has 0 bridgehead atoms. The molecule has 0 amide bonds. The molecule has 5 nitrogen and oxygen atoms in total. The van der Waals surface area contributed by atoms with Gasteiger partial charge < -0.3 is 9.32 Å². The van der Waals surface area contributed by atoms with Crippen molar-refractivity contribution in [3.8, 4) is 34.0 Å². The Bertz CT molecular complexity index is 2530. The molecule has 7 aromatic carbocycles. The average Bonchev–Trinajstić information content (AvgIpc) is 3.60. The maximum Gasteiger partial charge on any atom is 0.227 e. The second-order valence-corrected chi connectivity index (χ2v) is 11.7. The molecule has 0 spiro atoms. The Morgan fingerprint density at radius 1 is 0.396 bits per heavy atom. The van der Waals surface area contributed by atoms with Gasteiger partial charge in [-0.1, -0.05) is 97.1 Å². The number of fused-ring (bicyclic) bond motifs is 3. The minimum Gasteiger partial charge on any atom is -0.436 e. The predicted molar refractivity (Wildman–Crippen MR) is 196 cm³/mol. The van der Waals surface area contributed by atoms with Crippen LogP contribution in [-0.4, -0.2) is 15.0 Å². The van der Waals surface area contributed by atoms with Crippen LogP contribution in [0.25, 0.3) is 66.9 Å². The molecule has 0 atom stereocenters. The van der Waals surface area contributed by atoms with Gasteiger partial charge in [0.15, 0.2) is 5.58 Å². The van der Waals surface area contributed by atoms with Crippen LogP contribution in [0.3, 0.4) is 0 Å². The first-order chi connectivity index (χ1) is 23.8. The Morgan fingerprint density at radius 2 is 0.979 bits per heavy atom. The lowest BCUT2D eigenvalue weighted by atomic mass is 9.96. The van der Waals surface area contributed by atoms with Gasteiger partial charge in [0.1, 0.15) is 5.52 Å². The van der Waals surface area contributed by atoms with E-state index < -0.39 is 0 Å². The van der Waals surface area contributed by atoms with Crippen LogP contribution >= 0.6 is 0 Å². The number of rotatable bonds is 6. The first-order valence-electron chi connectivity index (χ1n) is 16.0. The van der Waals surface area contributed by atoms with E-state index in [1.165, 1.54) is 0 Å². The quantitative estimate of drug-likeness (QED) is 0.186. The lowest BCUT2D eigenvalue weighted by Crippen LogP contribution is -2.10. The highest BCUT2D eigenvalue weighted by Crippen LogP contribution is 2.43. The molecule has 0 unspecified atom stereocenters. The molecule has 0 aliphatic carbocycles.